The third-order valence-electron chi connectivity index (χ3n) is 4.27. The van der Waals surface area contributed by atoms with Crippen molar-refractivity contribution in [2.24, 2.45) is 0 Å². The summed E-state index contributed by atoms with van der Waals surface area (Å²) in [5.74, 6) is 0. The molecule has 0 spiro atoms. The van der Waals surface area contributed by atoms with E-state index in [9.17, 15) is 4.79 Å². The fourth-order valence-electron chi connectivity index (χ4n) is 3.30. The van der Waals surface area contributed by atoms with Crippen molar-refractivity contribution < 1.29 is 9.53 Å². The molecule has 0 unspecified atom stereocenters. The average Bonchev–Trinajstić information content (AvgIpc) is 2.82. The van der Waals surface area contributed by atoms with Gasteiger partial charge >= 0.3 is 6.09 Å². The maximum atomic E-state index is 11.7. The van der Waals surface area contributed by atoms with Crippen LogP contribution in [0.15, 0.2) is 0 Å². The van der Waals surface area contributed by atoms with Gasteiger partial charge in [-0.2, -0.15) is 0 Å². The predicted octanol–water partition coefficient (Wildman–Crippen LogP) is 3.35. The van der Waals surface area contributed by atoms with Crippen LogP contribution in [0.25, 0.3) is 0 Å². The van der Waals surface area contributed by atoms with Gasteiger partial charge in [-0.15, -0.1) is 0 Å². The first-order chi connectivity index (χ1) is 9.42. The summed E-state index contributed by atoms with van der Waals surface area (Å²) >= 11 is 0. The highest BCUT2D eigenvalue weighted by molar-refractivity contribution is 5.68. The Balaban J connectivity index is 1.64. The van der Waals surface area contributed by atoms with Crippen LogP contribution < -0.4 is 10.6 Å². The zero-order chi connectivity index (χ0) is 14.6. The van der Waals surface area contributed by atoms with Gasteiger partial charge in [-0.1, -0.05) is 12.8 Å². The van der Waals surface area contributed by atoms with Gasteiger partial charge in [0.15, 0.2) is 0 Å². The van der Waals surface area contributed by atoms with Crippen molar-refractivity contribution in [1.29, 1.82) is 0 Å². The van der Waals surface area contributed by atoms with E-state index in [1.165, 1.54) is 25.7 Å². The summed E-state index contributed by atoms with van der Waals surface area (Å²) in [5, 5.41) is 6.79. The fraction of sp³-hybridized carbons (Fsp3) is 0.938. The first-order valence-corrected chi connectivity index (χ1v) is 8.18. The zero-order valence-corrected chi connectivity index (χ0v) is 13.2. The minimum absolute atomic E-state index is 0.273. The van der Waals surface area contributed by atoms with Gasteiger partial charge in [0, 0.05) is 18.1 Å². The second-order valence-corrected chi connectivity index (χ2v) is 7.34. The zero-order valence-electron chi connectivity index (χ0n) is 13.2. The fourth-order valence-corrected chi connectivity index (χ4v) is 3.30. The van der Waals surface area contributed by atoms with Crippen LogP contribution in [-0.4, -0.2) is 29.8 Å². The van der Waals surface area contributed by atoms with Gasteiger partial charge < -0.3 is 15.4 Å². The van der Waals surface area contributed by atoms with Crippen molar-refractivity contribution in [2.75, 3.05) is 0 Å². The Morgan fingerprint density at radius 2 is 1.40 bits per heavy atom. The summed E-state index contributed by atoms with van der Waals surface area (Å²) in [6.45, 7) is 5.69. The first-order valence-electron chi connectivity index (χ1n) is 8.18. The Kier molecular flexibility index (Phi) is 5.30. The lowest BCUT2D eigenvalue weighted by Crippen LogP contribution is -2.45. The molecule has 0 atom stereocenters. The third kappa shape index (κ3) is 5.31. The summed E-state index contributed by atoms with van der Waals surface area (Å²) in [5.41, 5.74) is -0.411. The van der Waals surface area contributed by atoms with E-state index in [-0.39, 0.29) is 12.1 Å². The van der Waals surface area contributed by atoms with Crippen molar-refractivity contribution in [3.8, 4) is 0 Å². The van der Waals surface area contributed by atoms with E-state index in [0.29, 0.717) is 6.04 Å². The Morgan fingerprint density at radius 3 is 1.95 bits per heavy atom. The van der Waals surface area contributed by atoms with Crippen molar-refractivity contribution >= 4 is 6.09 Å². The van der Waals surface area contributed by atoms with Gasteiger partial charge in [-0.3, -0.25) is 0 Å². The van der Waals surface area contributed by atoms with E-state index in [1.807, 2.05) is 20.8 Å². The standard InChI is InChI=1S/C16H30N2O2/c1-16(2,3)20-15(19)18-14-10-8-13(9-11-14)17-12-6-4-5-7-12/h12-14,17H,4-11H2,1-3H3,(H,18,19). The van der Waals surface area contributed by atoms with Gasteiger partial charge in [-0.25, -0.2) is 4.79 Å². The molecule has 0 saturated heterocycles. The van der Waals surface area contributed by atoms with Crippen LogP contribution in [-0.2, 0) is 4.74 Å². The number of rotatable bonds is 3. The highest BCUT2D eigenvalue weighted by Gasteiger charge is 2.26. The van der Waals surface area contributed by atoms with Gasteiger partial charge in [0.1, 0.15) is 5.60 Å². The average molecular weight is 282 g/mol. The number of hydrogen-bond acceptors (Lipinski definition) is 3. The number of hydrogen-bond donors (Lipinski definition) is 2. The maximum Gasteiger partial charge on any atom is 0.407 e. The molecule has 2 fully saturated rings. The molecule has 2 aliphatic carbocycles. The lowest BCUT2D eigenvalue weighted by molar-refractivity contribution is 0.0489. The maximum absolute atomic E-state index is 11.7. The molecule has 116 valence electrons. The van der Waals surface area contributed by atoms with Crippen molar-refractivity contribution in [2.45, 2.75) is 95.9 Å². The van der Waals surface area contributed by atoms with Crippen LogP contribution in [0, 0.1) is 0 Å². The van der Waals surface area contributed by atoms with E-state index >= 15 is 0 Å². The molecule has 4 nitrogen and oxygen atoms in total. The van der Waals surface area contributed by atoms with E-state index in [1.54, 1.807) is 0 Å². The minimum Gasteiger partial charge on any atom is -0.444 e. The molecule has 0 aliphatic heterocycles. The van der Waals surface area contributed by atoms with Gasteiger partial charge in [-0.05, 0) is 59.3 Å². The number of carbonyl (C=O) groups is 1. The normalized spacial score (nSPS) is 28.4. The van der Waals surface area contributed by atoms with Crippen LogP contribution >= 0.6 is 0 Å². The largest absolute Gasteiger partial charge is 0.444 e. The predicted molar refractivity (Wildman–Crippen MR) is 80.8 cm³/mol. The SMILES string of the molecule is CC(C)(C)OC(=O)NC1CCC(NC2CCCC2)CC1. The lowest BCUT2D eigenvalue weighted by Gasteiger charge is -2.32. The van der Waals surface area contributed by atoms with Gasteiger partial charge in [0.25, 0.3) is 0 Å². The summed E-state index contributed by atoms with van der Waals surface area (Å²) in [7, 11) is 0. The second-order valence-electron chi connectivity index (χ2n) is 7.34. The highest BCUT2D eigenvalue weighted by Crippen LogP contribution is 2.23. The van der Waals surface area contributed by atoms with Crippen molar-refractivity contribution in [1.82, 2.24) is 10.6 Å². The molecule has 20 heavy (non-hydrogen) atoms. The number of ether oxygens (including phenoxy) is 1. The Bertz CT molecular complexity index is 311. The number of carbonyl (C=O) groups excluding carboxylic acids is 1. The molecule has 2 saturated carbocycles. The molecule has 2 aliphatic rings. The van der Waals surface area contributed by atoms with Crippen LogP contribution in [0.2, 0.25) is 0 Å². The lowest BCUT2D eigenvalue weighted by atomic mass is 9.90. The summed E-state index contributed by atoms with van der Waals surface area (Å²) in [6.07, 6.45) is 9.62. The number of amides is 1. The van der Waals surface area contributed by atoms with Crippen molar-refractivity contribution in [3.05, 3.63) is 0 Å². The number of nitrogens with one attached hydrogen (secondary N) is 2. The second kappa shape index (κ2) is 6.79. The third-order valence-corrected chi connectivity index (χ3v) is 4.27. The molecule has 0 bridgehead atoms. The van der Waals surface area contributed by atoms with Crippen molar-refractivity contribution in [3.63, 3.8) is 0 Å². The quantitative estimate of drug-likeness (QED) is 0.834. The van der Waals surface area contributed by atoms with E-state index < -0.39 is 5.60 Å². The Hall–Kier alpha value is -0.770. The monoisotopic (exact) mass is 282 g/mol. The van der Waals surface area contributed by atoms with Crippen LogP contribution in [0.1, 0.15) is 72.1 Å². The molecule has 2 N–H and O–H groups in total. The van der Waals surface area contributed by atoms with Crippen LogP contribution in [0.5, 0.6) is 0 Å². The van der Waals surface area contributed by atoms with E-state index in [2.05, 4.69) is 10.6 Å². The Labute approximate surface area is 123 Å². The summed E-state index contributed by atoms with van der Waals surface area (Å²) < 4.78 is 5.31. The molecule has 0 aromatic carbocycles. The molecular weight excluding hydrogens is 252 g/mol. The topological polar surface area (TPSA) is 50.4 Å². The van der Waals surface area contributed by atoms with E-state index in [4.69, 9.17) is 4.74 Å². The molecule has 0 aromatic rings. The Morgan fingerprint density at radius 1 is 0.900 bits per heavy atom. The smallest absolute Gasteiger partial charge is 0.407 e. The summed E-state index contributed by atoms with van der Waals surface area (Å²) in [6, 6.07) is 1.68. The molecule has 0 radical (unpaired) electrons. The van der Waals surface area contributed by atoms with Crippen LogP contribution in [0.4, 0.5) is 4.79 Å². The molecule has 0 aromatic heterocycles. The van der Waals surface area contributed by atoms with Gasteiger partial charge in [0.05, 0.1) is 0 Å². The first kappa shape index (κ1) is 15.6. The highest BCUT2D eigenvalue weighted by atomic mass is 16.6. The van der Waals surface area contributed by atoms with Crippen LogP contribution in [0.3, 0.4) is 0 Å². The number of alkyl carbamates (subject to hydrolysis) is 1. The molecule has 4 heteroatoms. The molecule has 1 amide bonds. The minimum atomic E-state index is -0.411. The van der Waals surface area contributed by atoms with Gasteiger partial charge in [0.2, 0.25) is 0 Å². The summed E-state index contributed by atoms with van der Waals surface area (Å²) in [4.78, 5) is 11.7. The molecular formula is C16H30N2O2. The molecule has 2 rings (SSSR count). The molecule has 0 heterocycles. The van der Waals surface area contributed by atoms with E-state index in [0.717, 1.165) is 31.7 Å².